The van der Waals surface area contributed by atoms with Gasteiger partial charge in [0.1, 0.15) is 5.76 Å². The van der Waals surface area contributed by atoms with Crippen molar-refractivity contribution in [3.63, 3.8) is 0 Å². The van der Waals surface area contributed by atoms with Crippen molar-refractivity contribution >= 4 is 17.9 Å². The molecular weight excluding hydrogens is 292 g/mol. The third kappa shape index (κ3) is 3.65. The molecule has 23 heavy (non-hydrogen) atoms. The molecule has 5 nitrogen and oxygen atoms in total. The molecule has 0 heterocycles. The summed E-state index contributed by atoms with van der Waals surface area (Å²) >= 11 is 0. The van der Waals surface area contributed by atoms with Gasteiger partial charge in [-0.2, -0.15) is 5.10 Å². The average molecular weight is 318 g/mol. The Hall–Kier alpha value is -1.65. The van der Waals surface area contributed by atoms with Gasteiger partial charge in [-0.3, -0.25) is 9.59 Å². The minimum absolute atomic E-state index is 0.0378. The molecule has 126 valence electrons. The number of hydrazone groups is 1. The predicted molar refractivity (Wildman–Crippen MR) is 88.0 cm³/mol. The molecule has 2 saturated carbocycles. The Labute approximate surface area is 137 Å². The zero-order chi connectivity index (χ0) is 16.3. The average Bonchev–Trinajstić information content (AvgIpc) is 3.05. The van der Waals surface area contributed by atoms with Gasteiger partial charge in [0, 0.05) is 18.8 Å². The highest BCUT2D eigenvalue weighted by Gasteiger charge is 2.40. The highest BCUT2D eigenvalue weighted by Crippen LogP contribution is 2.47. The zero-order valence-corrected chi connectivity index (χ0v) is 13.6. The summed E-state index contributed by atoms with van der Waals surface area (Å²) in [7, 11) is 0. The van der Waals surface area contributed by atoms with E-state index in [0.29, 0.717) is 12.8 Å². The summed E-state index contributed by atoms with van der Waals surface area (Å²) in [6.45, 7) is 0. The van der Waals surface area contributed by atoms with Crippen molar-refractivity contribution in [3.8, 4) is 0 Å². The minimum atomic E-state index is -0.0779. The first-order chi connectivity index (χ1) is 11.1. The Morgan fingerprint density at radius 3 is 2.48 bits per heavy atom. The fourth-order valence-electron chi connectivity index (χ4n) is 4.35. The third-order valence-corrected chi connectivity index (χ3v) is 5.70. The molecule has 2 fully saturated rings. The minimum Gasteiger partial charge on any atom is -0.511 e. The topological polar surface area (TPSA) is 78.8 Å². The summed E-state index contributed by atoms with van der Waals surface area (Å²) in [5.41, 5.74) is 2.75. The van der Waals surface area contributed by atoms with Crippen LogP contribution < -0.4 is 5.43 Å². The third-order valence-electron chi connectivity index (χ3n) is 5.70. The fraction of sp³-hybridized carbons (Fsp3) is 0.722. The Morgan fingerprint density at radius 2 is 1.83 bits per heavy atom. The number of rotatable bonds is 3. The van der Waals surface area contributed by atoms with Crippen molar-refractivity contribution in [1.82, 2.24) is 5.43 Å². The van der Waals surface area contributed by atoms with Gasteiger partial charge in [0.15, 0.2) is 5.78 Å². The number of nitrogens with one attached hydrogen (secondary N) is 1. The number of ketones is 1. The van der Waals surface area contributed by atoms with E-state index in [1.54, 1.807) is 0 Å². The number of carbonyl (C=O) groups is 2. The standard InChI is InChI=1S/C18H26N2O3/c21-15-10-18(8-4-1-5-9-18)11-16(22)14(15)12-19-20-17(23)13-6-2-3-7-13/h12-13,21H,1-11H2,(H,20,23)/b19-12+. The molecule has 1 amide bonds. The molecule has 3 aliphatic rings. The summed E-state index contributed by atoms with van der Waals surface area (Å²) < 4.78 is 0. The first-order valence-corrected chi connectivity index (χ1v) is 8.88. The SMILES string of the molecule is O=C1CC2(CCCCC2)CC(O)=C1/C=N/NC(=O)C1CCCC1. The van der Waals surface area contributed by atoms with Crippen LogP contribution in [0.25, 0.3) is 0 Å². The second-order valence-corrected chi connectivity index (χ2v) is 7.41. The van der Waals surface area contributed by atoms with Gasteiger partial charge in [0.25, 0.3) is 0 Å². The maximum Gasteiger partial charge on any atom is 0.243 e. The molecule has 2 N–H and O–H groups in total. The lowest BCUT2D eigenvalue weighted by atomic mass is 9.65. The van der Waals surface area contributed by atoms with Gasteiger partial charge in [0.05, 0.1) is 11.8 Å². The Morgan fingerprint density at radius 1 is 1.13 bits per heavy atom. The first kappa shape index (κ1) is 16.2. The van der Waals surface area contributed by atoms with Crippen LogP contribution in [-0.2, 0) is 9.59 Å². The molecule has 0 aromatic heterocycles. The molecular formula is C18H26N2O3. The molecule has 5 heteroatoms. The van der Waals surface area contributed by atoms with E-state index in [4.69, 9.17) is 0 Å². The molecule has 0 bridgehead atoms. The van der Waals surface area contributed by atoms with Gasteiger partial charge in [-0.05, 0) is 31.1 Å². The van der Waals surface area contributed by atoms with Gasteiger partial charge >= 0.3 is 0 Å². The largest absolute Gasteiger partial charge is 0.511 e. The van der Waals surface area contributed by atoms with Gasteiger partial charge in [-0.1, -0.05) is 32.1 Å². The summed E-state index contributed by atoms with van der Waals surface area (Å²) in [6, 6.07) is 0. The van der Waals surface area contributed by atoms with E-state index in [-0.39, 0.29) is 34.4 Å². The monoisotopic (exact) mass is 318 g/mol. The Kier molecular flexibility index (Phi) is 4.83. The smallest absolute Gasteiger partial charge is 0.243 e. The lowest BCUT2D eigenvalue weighted by Gasteiger charge is -2.39. The number of carbonyl (C=O) groups excluding carboxylic acids is 2. The summed E-state index contributed by atoms with van der Waals surface area (Å²) in [5, 5.41) is 14.2. The van der Waals surface area contributed by atoms with Crippen molar-refractivity contribution in [2.45, 2.75) is 70.6 Å². The molecule has 0 aliphatic heterocycles. The first-order valence-electron chi connectivity index (χ1n) is 8.88. The van der Waals surface area contributed by atoms with Gasteiger partial charge < -0.3 is 5.11 Å². The van der Waals surface area contributed by atoms with E-state index >= 15 is 0 Å². The molecule has 3 rings (SSSR count). The van der Waals surface area contributed by atoms with Gasteiger partial charge in [-0.15, -0.1) is 0 Å². The molecule has 0 unspecified atom stereocenters. The van der Waals surface area contributed by atoms with E-state index in [1.807, 2.05) is 0 Å². The highest BCUT2D eigenvalue weighted by molar-refractivity contribution is 6.14. The second-order valence-electron chi connectivity index (χ2n) is 7.41. The highest BCUT2D eigenvalue weighted by atomic mass is 16.3. The number of hydrogen-bond acceptors (Lipinski definition) is 4. The van der Waals surface area contributed by atoms with Crippen LogP contribution in [0.4, 0.5) is 0 Å². The normalized spacial score (nSPS) is 25.5. The molecule has 0 atom stereocenters. The lowest BCUT2D eigenvalue weighted by molar-refractivity contribution is -0.124. The van der Waals surface area contributed by atoms with Crippen LogP contribution in [0.1, 0.15) is 70.6 Å². The number of nitrogens with zero attached hydrogens (tertiary/aromatic N) is 1. The van der Waals surface area contributed by atoms with E-state index in [0.717, 1.165) is 51.4 Å². The quantitative estimate of drug-likeness (QED) is 0.618. The van der Waals surface area contributed by atoms with Crippen LogP contribution in [-0.4, -0.2) is 23.0 Å². The van der Waals surface area contributed by atoms with Gasteiger partial charge in [0.2, 0.25) is 5.91 Å². The summed E-state index contributed by atoms with van der Waals surface area (Å²) in [6.07, 6.45) is 11.9. The van der Waals surface area contributed by atoms with Crippen LogP contribution >= 0.6 is 0 Å². The van der Waals surface area contributed by atoms with Crippen molar-refractivity contribution in [3.05, 3.63) is 11.3 Å². The number of aliphatic hydroxyl groups excluding tert-OH is 1. The second kappa shape index (κ2) is 6.85. The number of allylic oxidation sites excluding steroid dienone is 2. The molecule has 0 radical (unpaired) electrons. The van der Waals surface area contributed by atoms with E-state index < -0.39 is 0 Å². The number of aliphatic hydroxyl groups is 1. The van der Waals surface area contributed by atoms with Crippen LogP contribution in [0.3, 0.4) is 0 Å². The van der Waals surface area contributed by atoms with E-state index in [2.05, 4.69) is 10.5 Å². The number of amides is 1. The summed E-state index contributed by atoms with van der Waals surface area (Å²) in [5.74, 6) is 0.0599. The van der Waals surface area contributed by atoms with E-state index in [1.165, 1.54) is 12.6 Å². The Balaban J connectivity index is 1.62. The van der Waals surface area contributed by atoms with Crippen LogP contribution in [0, 0.1) is 11.3 Å². The predicted octanol–water partition coefficient (Wildman–Crippen LogP) is 3.40. The van der Waals surface area contributed by atoms with Crippen molar-refractivity contribution in [1.29, 1.82) is 0 Å². The molecule has 0 saturated heterocycles. The molecule has 3 aliphatic carbocycles. The van der Waals surface area contributed by atoms with Crippen LogP contribution in [0.15, 0.2) is 16.4 Å². The van der Waals surface area contributed by atoms with Gasteiger partial charge in [-0.25, -0.2) is 5.43 Å². The molecule has 0 aromatic rings. The van der Waals surface area contributed by atoms with E-state index in [9.17, 15) is 14.7 Å². The lowest BCUT2D eigenvalue weighted by Crippen LogP contribution is -2.33. The number of Topliss-reactive ketones (excluding diaryl/α,β-unsaturated/α-hetero) is 1. The van der Waals surface area contributed by atoms with Crippen molar-refractivity contribution in [2.75, 3.05) is 0 Å². The van der Waals surface area contributed by atoms with Crippen molar-refractivity contribution in [2.24, 2.45) is 16.4 Å². The molecule has 0 aromatic carbocycles. The fourth-order valence-corrected chi connectivity index (χ4v) is 4.35. The Bertz CT molecular complexity index is 538. The number of hydrogen-bond donors (Lipinski definition) is 2. The van der Waals surface area contributed by atoms with Crippen LogP contribution in [0.5, 0.6) is 0 Å². The molecule has 1 spiro atoms. The maximum atomic E-state index is 12.4. The van der Waals surface area contributed by atoms with Crippen molar-refractivity contribution < 1.29 is 14.7 Å². The summed E-state index contributed by atoms with van der Waals surface area (Å²) in [4.78, 5) is 24.3. The zero-order valence-electron chi connectivity index (χ0n) is 13.6. The van der Waals surface area contributed by atoms with Crippen LogP contribution in [0.2, 0.25) is 0 Å². The maximum absolute atomic E-state index is 12.4.